The summed E-state index contributed by atoms with van der Waals surface area (Å²) in [5.41, 5.74) is -1.39. The van der Waals surface area contributed by atoms with Crippen LogP contribution < -0.4 is 5.32 Å². The highest BCUT2D eigenvalue weighted by Gasteiger charge is 2.47. The lowest BCUT2D eigenvalue weighted by Gasteiger charge is -2.50. The standard InChI is InChI=1S/C21H29F4N3O2S/c1-2-14-31(30)28-12-10-27(11-13-28)20(6-8-21(24,25)9-7-20)15-26-19(29)18-16(22)4-3-5-17(18)23/h3-5H,2,6-15H2,1H3,(H,26,29). The molecule has 5 nitrogen and oxygen atoms in total. The third-order valence-electron chi connectivity index (χ3n) is 6.26. The van der Waals surface area contributed by atoms with E-state index >= 15 is 0 Å². The van der Waals surface area contributed by atoms with Gasteiger partial charge < -0.3 is 9.87 Å². The van der Waals surface area contributed by atoms with Gasteiger partial charge in [0.15, 0.2) is 0 Å². The summed E-state index contributed by atoms with van der Waals surface area (Å²) >= 11 is -1.06. The fourth-order valence-electron chi connectivity index (χ4n) is 4.40. The Morgan fingerprint density at radius 1 is 1.10 bits per heavy atom. The normalized spacial score (nSPS) is 22.8. The Kier molecular flexibility index (Phi) is 7.88. The van der Waals surface area contributed by atoms with Crippen molar-refractivity contribution in [3.05, 3.63) is 35.4 Å². The van der Waals surface area contributed by atoms with E-state index in [1.165, 1.54) is 6.07 Å². The van der Waals surface area contributed by atoms with Crippen LogP contribution in [0.25, 0.3) is 0 Å². The van der Waals surface area contributed by atoms with Gasteiger partial charge in [-0.25, -0.2) is 17.6 Å². The van der Waals surface area contributed by atoms with Crippen LogP contribution in [0.15, 0.2) is 18.2 Å². The zero-order valence-electron chi connectivity index (χ0n) is 17.6. The number of hydrogen-bond acceptors (Lipinski definition) is 4. The minimum Gasteiger partial charge on any atom is -0.598 e. The molecule has 0 aromatic heterocycles. The number of carbonyl (C=O) groups excluding carboxylic acids is 1. The molecule has 3 rings (SSSR count). The van der Waals surface area contributed by atoms with E-state index in [2.05, 4.69) is 10.2 Å². The summed E-state index contributed by atoms with van der Waals surface area (Å²) in [5.74, 6) is -4.99. The quantitative estimate of drug-likeness (QED) is 0.498. The maximum Gasteiger partial charge on any atom is 0.257 e. The van der Waals surface area contributed by atoms with Crippen LogP contribution >= 0.6 is 0 Å². The van der Waals surface area contributed by atoms with Gasteiger partial charge in [0.1, 0.15) is 23.0 Å². The van der Waals surface area contributed by atoms with E-state index in [4.69, 9.17) is 0 Å². The molecule has 1 amide bonds. The number of rotatable bonds is 7. The summed E-state index contributed by atoms with van der Waals surface area (Å²) < 4.78 is 69.8. The summed E-state index contributed by atoms with van der Waals surface area (Å²) in [6.07, 6.45) is 0.526. The van der Waals surface area contributed by atoms with Crippen molar-refractivity contribution >= 4 is 17.3 Å². The van der Waals surface area contributed by atoms with Gasteiger partial charge in [-0.15, -0.1) is 4.31 Å². The van der Waals surface area contributed by atoms with E-state index in [9.17, 15) is 26.9 Å². The average molecular weight is 464 g/mol. The molecule has 1 unspecified atom stereocenters. The van der Waals surface area contributed by atoms with Gasteiger partial charge in [-0.3, -0.25) is 9.69 Å². The first kappa shape index (κ1) is 24.3. The van der Waals surface area contributed by atoms with Crippen molar-refractivity contribution in [2.45, 2.75) is 50.5 Å². The first-order chi connectivity index (χ1) is 14.7. The molecule has 0 bridgehead atoms. The summed E-state index contributed by atoms with van der Waals surface area (Å²) in [4.78, 5) is 14.6. The minimum atomic E-state index is -2.75. The van der Waals surface area contributed by atoms with Crippen LogP contribution in [0.5, 0.6) is 0 Å². The van der Waals surface area contributed by atoms with Gasteiger partial charge in [0, 0.05) is 49.4 Å². The van der Waals surface area contributed by atoms with Gasteiger partial charge in [0.2, 0.25) is 5.92 Å². The molecule has 2 aliphatic rings. The van der Waals surface area contributed by atoms with Crippen LogP contribution in [0.2, 0.25) is 0 Å². The third-order valence-corrected chi connectivity index (χ3v) is 7.95. The van der Waals surface area contributed by atoms with Gasteiger partial charge in [-0.2, -0.15) is 0 Å². The molecule has 1 saturated carbocycles. The Labute approximate surface area is 183 Å². The number of alkyl halides is 2. The SMILES string of the molecule is CCC[S+]([O-])N1CCN(C2(CNC(=O)c3c(F)cccc3F)CCC(F)(F)CC2)CC1. The van der Waals surface area contributed by atoms with Crippen LogP contribution in [0.4, 0.5) is 17.6 Å². The lowest BCUT2D eigenvalue weighted by Crippen LogP contribution is -2.63. The van der Waals surface area contributed by atoms with Crippen LogP contribution in [-0.2, 0) is 11.4 Å². The summed E-state index contributed by atoms with van der Waals surface area (Å²) in [6, 6.07) is 3.18. The maximum absolute atomic E-state index is 14.0. The van der Waals surface area contributed by atoms with E-state index in [0.717, 1.165) is 18.6 Å². The zero-order valence-corrected chi connectivity index (χ0v) is 18.5. The lowest BCUT2D eigenvalue weighted by molar-refractivity contribution is -0.0856. The van der Waals surface area contributed by atoms with Gasteiger partial charge >= 0.3 is 0 Å². The van der Waals surface area contributed by atoms with Crippen molar-refractivity contribution < 1.29 is 26.9 Å². The molecule has 1 aromatic carbocycles. The van der Waals surface area contributed by atoms with Gasteiger partial charge in [0.05, 0.1) is 13.1 Å². The molecular weight excluding hydrogens is 434 g/mol. The van der Waals surface area contributed by atoms with E-state index < -0.39 is 45.9 Å². The molecule has 2 fully saturated rings. The third kappa shape index (κ3) is 5.71. The molecule has 174 valence electrons. The number of benzene rings is 1. The minimum absolute atomic E-state index is 0.0216. The Morgan fingerprint density at radius 2 is 1.68 bits per heavy atom. The van der Waals surface area contributed by atoms with Crippen molar-refractivity contribution in [1.29, 1.82) is 0 Å². The predicted octanol–water partition coefficient (Wildman–Crippen LogP) is 3.33. The number of nitrogens with one attached hydrogen (secondary N) is 1. The molecule has 1 saturated heterocycles. The molecule has 1 aliphatic carbocycles. The Bertz CT molecular complexity index is 745. The highest BCUT2D eigenvalue weighted by Crippen LogP contribution is 2.41. The number of piperazine rings is 1. The molecule has 1 atom stereocenters. The van der Waals surface area contributed by atoms with Crippen molar-refractivity contribution in [2.75, 3.05) is 38.5 Å². The monoisotopic (exact) mass is 463 g/mol. The largest absolute Gasteiger partial charge is 0.598 e. The smallest absolute Gasteiger partial charge is 0.257 e. The van der Waals surface area contributed by atoms with Crippen molar-refractivity contribution in [1.82, 2.24) is 14.5 Å². The maximum atomic E-state index is 14.0. The highest BCUT2D eigenvalue weighted by atomic mass is 32.2. The molecule has 1 aliphatic heterocycles. The second kappa shape index (κ2) is 10.1. The van der Waals surface area contributed by atoms with Gasteiger partial charge in [-0.1, -0.05) is 13.0 Å². The molecule has 1 N–H and O–H groups in total. The Morgan fingerprint density at radius 3 is 2.23 bits per heavy atom. The molecule has 1 heterocycles. The van der Waals surface area contributed by atoms with Crippen LogP contribution in [0, 0.1) is 11.6 Å². The van der Waals surface area contributed by atoms with Crippen LogP contribution in [0.1, 0.15) is 49.4 Å². The van der Waals surface area contributed by atoms with E-state index in [-0.39, 0.29) is 32.2 Å². The Hall–Kier alpha value is -1.36. The van der Waals surface area contributed by atoms with E-state index in [1.54, 1.807) is 0 Å². The van der Waals surface area contributed by atoms with Crippen molar-refractivity contribution in [2.24, 2.45) is 0 Å². The number of halogens is 4. The first-order valence-electron chi connectivity index (χ1n) is 10.7. The molecule has 0 radical (unpaired) electrons. The number of nitrogens with zero attached hydrogens (tertiary/aromatic N) is 2. The first-order valence-corrected chi connectivity index (χ1v) is 11.9. The summed E-state index contributed by atoms with van der Waals surface area (Å²) in [7, 11) is 0. The van der Waals surface area contributed by atoms with Crippen LogP contribution in [-0.4, -0.2) is 69.6 Å². The van der Waals surface area contributed by atoms with Crippen molar-refractivity contribution in [3.8, 4) is 0 Å². The number of carbonyl (C=O) groups is 1. The fourth-order valence-corrected chi connectivity index (χ4v) is 5.58. The van der Waals surface area contributed by atoms with E-state index in [0.29, 0.717) is 31.9 Å². The highest BCUT2D eigenvalue weighted by molar-refractivity contribution is 7.89. The molecular formula is C21H29F4N3O2S. The van der Waals surface area contributed by atoms with Crippen molar-refractivity contribution in [3.63, 3.8) is 0 Å². The molecule has 31 heavy (non-hydrogen) atoms. The topological polar surface area (TPSA) is 58.6 Å². The lowest BCUT2D eigenvalue weighted by atomic mass is 9.78. The van der Waals surface area contributed by atoms with Gasteiger partial charge in [0.25, 0.3) is 5.91 Å². The second-order valence-electron chi connectivity index (χ2n) is 8.30. The molecule has 10 heteroatoms. The second-order valence-corrected chi connectivity index (χ2v) is 9.87. The molecule has 1 aromatic rings. The summed E-state index contributed by atoms with van der Waals surface area (Å²) in [5, 5.41) is 2.59. The van der Waals surface area contributed by atoms with Gasteiger partial charge in [-0.05, 0) is 31.4 Å². The zero-order chi connectivity index (χ0) is 22.6. The number of hydrogen-bond donors (Lipinski definition) is 1. The molecule has 0 spiro atoms. The van der Waals surface area contributed by atoms with Crippen LogP contribution in [0.3, 0.4) is 0 Å². The average Bonchev–Trinajstić information content (AvgIpc) is 2.73. The predicted molar refractivity (Wildman–Crippen MR) is 111 cm³/mol. The Balaban J connectivity index is 1.71. The van der Waals surface area contributed by atoms with E-state index in [1.807, 2.05) is 11.2 Å². The summed E-state index contributed by atoms with van der Waals surface area (Å²) in [6.45, 7) is 4.14. The number of amides is 1. The fraction of sp³-hybridized carbons (Fsp3) is 0.667.